The molecule has 0 amide bonds. The molecule has 0 bridgehead atoms. The van der Waals surface area contributed by atoms with Gasteiger partial charge in [0.2, 0.25) is 5.65 Å². The van der Waals surface area contributed by atoms with Gasteiger partial charge >= 0.3 is 5.78 Å². The molecule has 5 heteroatoms. The van der Waals surface area contributed by atoms with Crippen LogP contribution in [0.15, 0.2) is 60.7 Å². The molecule has 2 aromatic carbocycles. The molecule has 0 spiro atoms. The number of fused-ring (bicyclic) bond motifs is 5. The highest BCUT2D eigenvalue weighted by atomic mass is 127. The molecule has 4 nitrogen and oxygen atoms in total. The first-order valence-corrected chi connectivity index (χ1v) is 9.27. The summed E-state index contributed by atoms with van der Waals surface area (Å²) in [6.07, 6.45) is 0. The van der Waals surface area contributed by atoms with Crippen LogP contribution in [0.5, 0.6) is 0 Å². The molecule has 0 atom stereocenters. The van der Waals surface area contributed by atoms with Gasteiger partial charge in [0.1, 0.15) is 9.22 Å². The summed E-state index contributed by atoms with van der Waals surface area (Å²) in [5.74, 6) is 0.947. The molecule has 122 valence electrons. The summed E-state index contributed by atoms with van der Waals surface area (Å²) < 4.78 is 7.94. The van der Waals surface area contributed by atoms with E-state index >= 15 is 0 Å². The molecule has 0 aliphatic rings. The van der Waals surface area contributed by atoms with Crippen LogP contribution in [0.1, 0.15) is 5.56 Å². The van der Waals surface area contributed by atoms with E-state index in [0.717, 1.165) is 33.7 Å². The minimum absolute atomic E-state index is 0.947. The second kappa shape index (κ2) is 5.29. The molecule has 0 aliphatic carbocycles. The van der Waals surface area contributed by atoms with E-state index in [1.807, 2.05) is 6.07 Å². The molecule has 25 heavy (non-hydrogen) atoms. The van der Waals surface area contributed by atoms with Crippen LogP contribution in [0.3, 0.4) is 0 Å². The Kier molecular flexibility index (Phi) is 3.15. The number of hydrogen-bond donors (Lipinski definition) is 0. The lowest BCUT2D eigenvalue weighted by Crippen LogP contribution is -2.34. The number of imidazole rings is 2. The first-order valence-electron chi connectivity index (χ1n) is 8.19. The largest absolute Gasteiger partial charge is 0.365 e. The zero-order chi connectivity index (χ0) is 17.1. The summed E-state index contributed by atoms with van der Waals surface area (Å²) in [5, 5.41) is 0. The number of para-hydroxylation sites is 3. The topological polar surface area (TPSA) is 26.1 Å². The lowest BCUT2D eigenvalue weighted by molar-refractivity contribution is -0.544. The van der Waals surface area contributed by atoms with Crippen molar-refractivity contribution in [3.8, 4) is 5.69 Å². The maximum atomic E-state index is 4.95. The molecule has 0 saturated carbocycles. The van der Waals surface area contributed by atoms with Crippen LogP contribution < -0.4 is 4.57 Å². The fourth-order valence-corrected chi connectivity index (χ4v) is 3.99. The predicted octanol–water partition coefficient (Wildman–Crippen LogP) is 4.17. The number of nitrogens with zero attached hydrogens (tertiary/aromatic N) is 4. The number of hydrogen-bond acceptors (Lipinski definition) is 1. The maximum Gasteiger partial charge on any atom is 0.365 e. The van der Waals surface area contributed by atoms with Crippen LogP contribution in [0, 0.1) is 10.6 Å². The van der Waals surface area contributed by atoms with Crippen LogP contribution in [0.25, 0.3) is 33.7 Å². The van der Waals surface area contributed by atoms with E-state index < -0.39 is 0 Å². The van der Waals surface area contributed by atoms with E-state index in [2.05, 4.69) is 105 Å². The summed E-state index contributed by atoms with van der Waals surface area (Å²) >= 11 is 2.38. The van der Waals surface area contributed by atoms with Gasteiger partial charge in [0.05, 0.1) is 5.69 Å². The van der Waals surface area contributed by atoms with Crippen molar-refractivity contribution in [2.75, 3.05) is 0 Å². The first-order chi connectivity index (χ1) is 12.2. The minimum atomic E-state index is 0.947. The lowest BCUT2D eigenvalue weighted by atomic mass is 10.2. The van der Waals surface area contributed by atoms with Gasteiger partial charge in [0.15, 0.2) is 11.0 Å². The van der Waals surface area contributed by atoms with Crippen molar-refractivity contribution in [2.24, 2.45) is 7.05 Å². The van der Waals surface area contributed by atoms with Crippen molar-refractivity contribution in [3.63, 3.8) is 0 Å². The smallest absolute Gasteiger partial charge is 0.271 e. The SMILES string of the molecule is Cc1ccccc1-[n+]1c2c(ccc(I)n2C)n2c3ccccc3nc21. The van der Waals surface area contributed by atoms with E-state index in [1.165, 1.54) is 9.26 Å². The van der Waals surface area contributed by atoms with Gasteiger partial charge in [-0.25, -0.2) is 4.40 Å². The number of pyridine rings is 1. The van der Waals surface area contributed by atoms with Gasteiger partial charge in [-0.2, -0.15) is 4.57 Å². The lowest BCUT2D eigenvalue weighted by Gasteiger charge is -2.07. The summed E-state index contributed by atoms with van der Waals surface area (Å²) in [6, 6.07) is 21.1. The Morgan fingerprint density at radius 3 is 2.52 bits per heavy atom. The average molecular weight is 439 g/mol. The van der Waals surface area contributed by atoms with Gasteiger partial charge in [-0.15, -0.1) is 4.98 Å². The maximum absolute atomic E-state index is 4.95. The van der Waals surface area contributed by atoms with E-state index in [-0.39, 0.29) is 0 Å². The zero-order valence-electron chi connectivity index (χ0n) is 13.9. The van der Waals surface area contributed by atoms with Gasteiger partial charge < -0.3 is 0 Å². The van der Waals surface area contributed by atoms with E-state index in [4.69, 9.17) is 4.98 Å². The summed E-state index contributed by atoms with van der Waals surface area (Å²) in [5.41, 5.74) is 6.85. The molecular weight excluding hydrogens is 423 g/mol. The third-order valence-corrected chi connectivity index (χ3v) is 5.88. The third kappa shape index (κ3) is 1.99. The van der Waals surface area contributed by atoms with Crippen molar-refractivity contribution in [3.05, 3.63) is 69.9 Å². The Balaban J connectivity index is 2.10. The zero-order valence-corrected chi connectivity index (χ0v) is 16.1. The van der Waals surface area contributed by atoms with Gasteiger partial charge in [0.25, 0.3) is 0 Å². The Bertz CT molecular complexity index is 1280. The van der Waals surface area contributed by atoms with Crippen LogP contribution in [-0.2, 0) is 7.05 Å². The van der Waals surface area contributed by atoms with Crippen molar-refractivity contribution < 1.29 is 4.57 Å². The molecule has 5 rings (SSSR count). The molecule has 3 aromatic heterocycles. The molecular formula is C20H16IN4+. The fraction of sp³-hybridized carbons (Fsp3) is 0.100. The van der Waals surface area contributed by atoms with Gasteiger partial charge in [0, 0.05) is 7.05 Å². The Morgan fingerprint density at radius 1 is 0.920 bits per heavy atom. The van der Waals surface area contributed by atoms with E-state index in [0.29, 0.717) is 0 Å². The summed E-state index contributed by atoms with van der Waals surface area (Å²) in [6.45, 7) is 2.15. The normalized spacial score (nSPS) is 11.8. The predicted molar refractivity (Wildman–Crippen MR) is 108 cm³/mol. The molecule has 0 saturated heterocycles. The number of benzene rings is 2. The summed E-state index contributed by atoms with van der Waals surface area (Å²) in [4.78, 5) is 4.95. The van der Waals surface area contributed by atoms with E-state index in [1.54, 1.807) is 0 Å². The number of aryl methyl sites for hydroxylation is 2. The third-order valence-electron chi connectivity index (χ3n) is 4.80. The second-order valence-corrected chi connectivity index (χ2v) is 7.39. The van der Waals surface area contributed by atoms with Crippen LogP contribution in [-0.4, -0.2) is 14.0 Å². The standard InChI is InChI=1S/C20H16IN4/c1-13-7-3-5-9-15(13)25-19-17(11-12-18(21)23(19)2)24-16-10-6-4-8-14(16)22-20(24)25/h3-12H,1-2H3/q+1. The Hall–Kier alpha value is -2.41. The van der Waals surface area contributed by atoms with Crippen LogP contribution in [0.4, 0.5) is 0 Å². The number of rotatable bonds is 1. The van der Waals surface area contributed by atoms with Crippen molar-refractivity contribution in [1.29, 1.82) is 0 Å². The molecule has 0 unspecified atom stereocenters. The minimum Gasteiger partial charge on any atom is -0.271 e. The number of aromatic nitrogens is 4. The first kappa shape index (κ1) is 14.9. The van der Waals surface area contributed by atoms with Crippen LogP contribution >= 0.6 is 22.6 Å². The number of halogens is 1. The van der Waals surface area contributed by atoms with Crippen molar-refractivity contribution in [2.45, 2.75) is 6.92 Å². The van der Waals surface area contributed by atoms with Crippen LogP contribution in [0.2, 0.25) is 0 Å². The van der Waals surface area contributed by atoms with Crippen molar-refractivity contribution in [1.82, 2.24) is 14.0 Å². The highest BCUT2D eigenvalue weighted by Gasteiger charge is 2.27. The quantitative estimate of drug-likeness (QED) is 0.219. The van der Waals surface area contributed by atoms with Gasteiger partial charge in [-0.1, -0.05) is 30.3 Å². The fourth-order valence-electron chi connectivity index (χ4n) is 3.58. The highest BCUT2D eigenvalue weighted by molar-refractivity contribution is 14.1. The van der Waals surface area contributed by atoms with E-state index in [9.17, 15) is 0 Å². The van der Waals surface area contributed by atoms with Gasteiger partial charge in [-0.05, 0) is 65.4 Å². The Morgan fingerprint density at radius 2 is 1.68 bits per heavy atom. The average Bonchev–Trinajstić information content (AvgIpc) is 3.14. The molecule has 0 fully saturated rings. The molecule has 0 aliphatic heterocycles. The van der Waals surface area contributed by atoms with Gasteiger partial charge in [-0.3, -0.25) is 4.57 Å². The second-order valence-electron chi connectivity index (χ2n) is 6.28. The van der Waals surface area contributed by atoms with Crippen molar-refractivity contribution >= 4 is 50.6 Å². The highest BCUT2D eigenvalue weighted by Crippen LogP contribution is 2.25. The molecule has 0 radical (unpaired) electrons. The Labute approximate surface area is 158 Å². The molecule has 5 aromatic rings. The summed E-state index contributed by atoms with van der Waals surface area (Å²) in [7, 11) is 2.11. The molecule has 3 heterocycles. The molecule has 0 N–H and O–H groups in total. The monoisotopic (exact) mass is 439 g/mol.